The number of methoxy groups -OCH3 is 1. The third kappa shape index (κ3) is 2.96. The summed E-state index contributed by atoms with van der Waals surface area (Å²) in [5.74, 6) is 6.92. The van der Waals surface area contributed by atoms with E-state index in [-0.39, 0.29) is 0 Å². The quantitative estimate of drug-likeness (QED) is 0.389. The Balaban J connectivity index is 1.37. The Hall–Kier alpha value is -0.300. The van der Waals surface area contributed by atoms with Gasteiger partial charge in [-0.3, -0.25) is 0 Å². The summed E-state index contributed by atoms with van der Waals surface area (Å²) < 4.78 is 6.31. The van der Waals surface area contributed by atoms with Gasteiger partial charge in [-0.05, 0) is 116 Å². The highest BCUT2D eigenvalue weighted by molar-refractivity contribution is 5.26. The van der Waals surface area contributed by atoms with Crippen LogP contribution in [0.15, 0.2) is 12.2 Å². The summed E-state index contributed by atoms with van der Waals surface area (Å²) in [7, 11) is 2.03. The maximum atomic E-state index is 6.31. The van der Waals surface area contributed by atoms with Crippen LogP contribution in [0.25, 0.3) is 0 Å². The van der Waals surface area contributed by atoms with Gasteiger partial charge in [0.05, 0.1) is 6.10 Å². The zero-order chi connectivity index (χ0) is 22.2. The second-order valence-electron chi connectivity index (χ2n) is 13.5. The van der Waals surface area contributed by atoms with Crippen molar-refractivity contribution in [2.45, 2.75) is 105 Å². The summed E-state index contributed by atoms with van der Waals surface area (Å²) in [6.07, 6.45) is 18.7. The molecule has 0 heterocycles. The maximum Gasteiger partial charge on any atom is 0.0638 e. The Labute approximate surface area is 193 Å². The van der Waals surface area contributed by atoms with Gasteiger partial charge in [0.15, 0.2) is 0 Å². The standard InChI is InChI=1S/C30H50O/c1-8-21(19(2)3)10-9-20(4)24-11-12-25-23-17-27(31-7)30-18-22(30)13-16-29(30,6)26(23)14-15-28(24,25)5/h9-10,19-27H,8,11-18H2,1-7H3/b10-9+/t20-,21-,22-,23+,24-,25+,26+,27?,28-,29-,30?/m1/s1. The van der Waals surface area contributed by atoms with Crippen molar-refractivity contribution in [2.75, 3.05) is 7.11 Å². The first-order chi connectivity index (χ1) is 14.7. The van der Waals surface area contributed by atoms with Crippen LogP contribution in [-0.2, 0) is 4.74 Å². The lowest BCUT2D eigenvalue weighted by atomic mass is 9.45. The van der Waals surface area contributed by atoms with Crippen LogP contribution in [-0.4, -0.2) is 13.2 Å². The molecule has 1 spiro atoms. The summed E-state index contributed by atoms with van der Waals surface area (Å²) in [5, 5.41) is 0. The Morgan fingerprint density at radius 3 is 2.39 bits per heavy atom. The van der Waals surface area contributed by atoms with Crippen molar-refractivity contribution in [3.05, 3.63) is 12.2 Å². The third-order valence-electron chi connectivity index (χ3n) is 12.5. The molecule has 0 bridgehead atoms. The van der Waals surface area contributed by atoms with Crippen LogP contribution in [0, 0.1) is 63.6 Å². The van der Waals surface area contributed by atoms with Crippen molar-refractivity contribution in [3.63, 3.8) is 0 Å². The van der Waals surface area contributed by atoms with E-state index in [0.717, 1.165) is 47.3 Å². The summed E-state index contributed by atoms with van der Waals surface area (Å²) in [4.78, 5) is 0. The lowest BCUT2D eigenvalue weighted by molar-refractivity contribution is -0.160. The van der Waals surface area contributed by atoms with Crippen LogP contribution in [0.1, 0.15) is 99.3 Å². The molecule has 0 aromatic heterocycles. The number of ether oxygens (including phenoxy) is 1. The summed E-state index contributed by atoms with van der Waals surface area (Å²) in [6.45, 7) is 15.1. The van der Waals surface area contributed by atoms with E-state index in [1.807, 2.05) is 7.11 Å². The molecule has 0 radical (unpaired) electrons. The van der Waals surface area contributed by atoms with Crippen molar-refractivity contribution in [3.8, 4) is 0 Å². The Kier molecular flexibility index (Phi) is 5.52. The highest BCUT2D eigenvalue weighted by atomic mass is 16.5. The number of hydrogen-bond donors (Lipinski definition) is 0. The van der Waals surface area contributed by atoms with E-state index >= 15 is 0 Å². The first kappa shape index (κ1) is 22.5. The molecule has 1 heteroatoms. The van der Waals surface area contributed by atoms with Crippen LogP contribution in [0.5, 0.6) is 0 Å². The normalized spacial score (nSPS) is 52.5. The molecule has 176 valence electrons. The van der Waals surface area contributed by atoms with Crippen molar-refractivity contribution in [1.82, 2.24) is 0 Å². The van der Waals surface area contributed by atoms with E-state index in [1.54, 1.807) is 0 Å². The van der Waals surface area contributed by atoms with Gasteiger partial charge in [-0.15, -0.1) is 0 Å². The van der Waals surface area contributed by atoms with Gasteiger partial charge in [0.2, 0.25) is 0 Å². The molecule has 5 aliphatic carbocycles. The van der Waals surface area contributed by atoms with E-state index in [4.69, 9.17) is 4.74 Å². The smallest absolute Gasteiger partial charge is 0.0638 e. The van der Waals surface area contributed by atoms with Crippen LogP contribution in [0.4, 0.5) is 0 Å². The minimum Gasteiger partial charge on any atom is -0.381 e. The molecule has 31 heavy (non-hydrogen) atoms. The molecule has 0 aliphatic heterocycles. The van der Waals surface area contributed by atoms with Crippen molar-refractivity contribution < 1.29 is 4.74 Å². The molecule has 0 N–H and O–H groups in total. The molecule has 5 fully saturated rings. The number of allylic oxidation sites excluding steroid dienone is 2. The first-order valence-electron chi connectivity index (χ1n) is 13.9. The van der Waals surface area contributed by atoms with E-state index < -0.39 is 0 Å². The zero-order valence-electron chi connectivity index (χ0n) is 21.6. The van der Waals surface area contributed by atoms with Gasteiger partial charge in [-0.25, -0.2) is 0 Å². The molecule has 11 atom stereocenters. The van der Waals surface area contributed by atoms with Gasteiger partial charge in [-0.2, -0.15) is 0 Å². The molecule has 0 amide bonds. The number of rotatable bonds is 6. The van der Waals surface area contributed by atoms with Gasteiger partial charge in [0.1, 0.15) is 0 Å². The Morgan fingerprint density at radius 1 is 0.968 bits per heavy atom. The van der Waals surface area contributed by atoms with Crippen molar-refractivity contribution in [2.24, 2.45) is 63.6 Å². The largest absolute Gasteiger partial charge is 0.381 e. The number of fused-ring (bicyclic) bond motifs is 4. The van der Waals surface area contributed by atoms with E-state index in [0.29, 0.717) is 22.3 Å². The van der Waals surface area contributed by atoms with Crippen LogP contribution in [0.3, 0.4) is 0 Å². The maximum absolute atomic E-state index is 6.31. The van der Waals surface area contributed by atoms with Gasteiger partial charge in [0.25, 0.3) is 0 Å². The molecule has 5 aliphatic rings. The van der Waals surface area contributed by atoms with E-state index in [1.165, 1.54) is 57.8 Å². The summed E-state index contributed by atoms with van der Waals surface area (Å²) in [6, 6.07) is 0. The fourth-order valence-electron chi connectivity index (χ4n) is 10.8. The van der Waals surface area contributed by atoms with Crippen LogP contribution < -0.4 is 0 Å². The molecule has 1 nitrogen and oxygen atoms in total. The highest BCUT2D eigenvalue weighted by Gasteiger charge is 2.77. The molecule has 5 saturated carbocycles. The average Bonchev–Trinajstić information content (AvgIpc) is 3.24. The second-order valence-corrected chi connectivity index (χ2v) is 13.5. The molecular formula is C30H50O. The Bertz CT molecular complexity index is 709. The summed E-state index contributed by atoms with van der Waals surface area (Å²) in [5.41, 5.74) is 1.68. The minimum absolute atomic E-state index is 0.543. The Morgan fingerprint density at radius 2 is 1.74 bits per heavy atom. The molecule has 0 aromatic rings. The third-order valence-corrected chi connectivity index (χ3v) is 12.5. The van der Waals surface area contributed by atoms with Gasteiger partial charge in [0, 0.05) is 12.5 Å². The van der Waals surface area contributed by atoms with E-state index in [9.17, 15) is 0 Å². The molecule has 5 rings (SSSR count). The fourth-order valence-corrected chi connectivity index (χ4v) is 10.8. The molecule has 0 aromatic carbocycles. The van der Waals surface area contributed by atoms with Gasteiger partial charge >= 0.3 is 0 Å². The van der Waals surface area contributed by atoms with Gasteiger partial charge < -0.3 is 4.74 Å². The lowest BCUT2D eigenvalue weighted by Crippen LogP contribution is -2.57. The second kappa shape index (κ2) is 7.61. The lowest BCUT2D eigenvalue weighted by Gasteiger charge is -2.61. The number of hydrogen-bond acceptors (Lipinski definition) is 1. The summed E-state index contributed by atoms with van der Waals surface area (Å²) >= 11 is 0. The minimum atomic E-state index is 0.543. The predicted molar refractivity (Wildman–Crippen MR) is 131 cm³/mol. The molecular weight excluding hydrogens is 376 g/mol. The predicted octanol–water partition coefficient (Wildman–Crippen LogP) is 8.14. The molecule has 0 saturated heterocycles. The SMILES string of the molecule is CC[C@H](/C=C/[C@@H](C)[C@H]1CC[C@H]2[C@@H]3CC(OC)C45C[C@H]4CC[C@]5(C)[C@H]3CC[C@]12C)C(C)C. The van der Waals surface area contributed by atoms with Crippen molar-refractivity contribution in [1.29, 1.82) is 0 Å². The molecule has 2 unspecified atom stereocenters. The topological polar surface area (TPSA) is 9.23 Å². The van der Waals surface area contributed by atoms with Gasteiger partial charge in [-0.1, -0.05) is 53.7 Å². The average molecular weight is 427 g/mol. The monoisotopic (exact) mass is 426 g/mol. The highest BCUT2D eigenvalue weighted by Crippen LogP contribution is 2.82. The zero-order valence-corrected chi connectivity index (χ0v) is 21.6. The fraction of sp³-hybridized carbons (Fsp3) is 0.933. The first-order valence-corrected chi connectivity index (χ1v) is 13.9. The van der Waals surface area contributed by atoms with Crippen molar-refractivity contribution >= 4 is 0 Å². The van der Waals surface area contributed by atoms with Crippen LogP contribution >= 0.6 is 0 Å². The van der Waals surface area contributed by atoms with E-state index in [2.05, 4.69) is 53.7 Å². The van der Waals surface area contributed by atoms with Crippen LogP contribution in [0.2, 0.25) is 0 Å².